The van der Waals surface area contributed by atoms with Gasteiger partial charge in [0, 0.05) is 7.11 Å². The van der Waals surface area contributed by atoms with Crippen LogP contribution >= 0.6 is 0 Å². The zero-order chi connectivity index (χ0) is 15.1. The van der Waals surface area contributed by atoms with E-state index in [2.05, 4.69) is 20.0 Å². The highest BCUT2D eigenvalue weighted by molar-refractivity contribution is 6.71. The lowest BCUT2D eigenvalue weighted by Crippen LogP contribution is -2.27. The van der Waals surface area contributed by atoms with Gasteiger partial charge in [-0.25, -0.2) is 0 Å². The minimum Gasteiger partial charge on any atom is -0.420 e. The lowest BCUT2D eigenvalue weighted by atomic mass is 10.1. The number of hydrogen-bond donors (Lipinski definition) is 0. The average molecular weight is 301 g/mol. The van der Waals surface area contributed by atoms with E-state index < -0.39 is 8.32 Å². The number of unbranched alkanes of at least 4 members (excludes halogenated alkanes) is 12. The van der Waals surface area contributed by atoms with Gasteiger partial charge in [0.05, 0.1) is 0 Å². The van der Waals surface area contributed by atoms with Crippen LogP contribution in [0.1, 0.15) is 90.4 Å². The molecule has 0 heterocycles. The van der Waals surface area contributed by atoms with Crippen molar-refractivity contribution in [2.24, 2.45) is 0 Å². The lowest BCUT2D eigenvalue weighted by molar-refractivity contribution is 0.400. The number of rotatable bonds is 15. The molecule has 20 heavy (non-hydrogen) atoms. The second-order valence-electron chi connectivity index (χ2n) is 6.96. The molecule has 0 aliphatic heterocycles. The molecule has 0 aromatic heterocycles. The summed E-state index contributed by atoms with van der Waals surface area (Å²) in [6.45, 7) is 6.94. The van der Waals surface area contributed by atoms with E-state index in [1.807, 2.05) is 7.11 Å². The molecular formula is C18H40OSi. The zero-order valence-electron chi connectivity index (χ0n) is 14.8. The first-order chi connectivity index (χ1) is 9.62. The van der Waals surface area contributed by atoms with E-state index >= 15 is 0 Å². The topological polar surface area (TPSA) is 9.23 Å². The smallest absolute Gasteiger partial charge is 0.186 e. The van der Waals surface area contributed by atoms with Crippen LogP contribution in [0, 0.1) is 0 Å². The summed E-state index contributed by atoms with van der Waals surface area (Å²) in [4.78, 5) is 0. The Kier molecular flexibility index (Phi) is 14.3. The predicted octanol–water partition coefficient (Wildman–Crippen LogP) is 6.93. The first-order valence-electron chi connectivity index (χ1n) is 9.17. The highest BCUT2D eigenvalue weighted by Gasteiger charge is 2.18. The first kappa shape index (κ1) is 20.2. The average Bonchev–Trinajstić information content (AvgIpc) is 2.44. The molecule has 0 radical (unpaired) electrons. The second-order valence-corrected chi connectivity index (χ2v) is 11.4. The fourth-order valence-corrected chi connectivity index (χ4v) is 3.98. The van der Waals surface area contributed by atoms with Crippen LogP contribution in [-0.2, 0) is 4.43 Å². The Labute approximate surface area is 130 Å². The van der Waals surface area contributed by atoms with E-state index in [1.165, 1.54) is 89.5 Å². The van der Waals surface area contributed by atoms with Gasteiger partial charge in [-0.1, -0.05) is 90.4 Å². The van der Waals surface area contributed by atoms with E-state index in [0.717, 1.165) is 0 Å². The zero-order valence-corrected chi connectivity index (χ0v) is 15.8. The molecule has 0 fully saturated rings. The van der Waals surface area contributed by atoms with Gasteiger partial charge in [0.1, 0.15) is 0 Å². The van der Waals surface area contributed by atoms with E-state index in [1.54, 1.807) is 0 Å². The van der Waals surface area contributed by atoms with Crippen LogP contribution < -0.4 is 0 Å². The van der Waals surface area contributed by atoms with Crippen LogP contribution in [0.15, 0.2) is 0 Å². The van der Waals surface area contributed by atoms with Gasteiger partial charge in [-0.15, -0.1) is 0 Å². The monoisotopic (exact) mass is 300 g/mol. The molecule has 0 aliphatic rings. The Morgan fingerprint density at radius 3 is 1.30 bits per heavy atom. The molecule has 1 nitrogen and oxygen atoms in total. The molecule has 0 atom stereocenters. The van der Waals surface area contributed by atoms with Gasteiger partial charge in [0.2, 0.25) is 0 Å². The quantitative estimate of drug-likeness (QED) is 0.235. The summed E-state index contributed by atoms with van der Waals surface area (Å²) < 4.78 is 5.58. The summed E-state index contributed by atoms with van der Waals surface area (Å²) in [7, 11) is 0.606. The molecule has 0 rings (SSSR count). The van der Waals surface area contributed by atoms with Crippen LogP contribution in [-0.4, -0.2) is 15.4 Å². The SMILES string of the molecule is CCCCCCCCCCCCCCC[Si](C)(C)OC. The molecule has 0 aliphatic carbocycles. The highest BCUT2D eigenvalue weighted by atomic mass is 28.4. The Bertz CT molecular complexity index is 192. The summed E-state index contributed by atoms with van der Waals surface area (Å²) >= 11 is 0. The highest BCUT2D eigenvalue weighted by Crippen LogP contribution is 2.17. The molecule has 0 spiro atoms. The Balaban J connectivity index is 3.06. The largest absolute Gasteiger partial charge is 0.420 e. The number of hydrogen-bond acceptors (Lipinski definition) is 1. The van der Waals surface area contributed by atoms with Crippen LogP contribution in [0.4, 0.5) is 0 Å². The molecular weight excluding hydrogens is 260 g/mol. The maximum atomic E-state index is 5.58. The fourth-order valence-electron chi connectivity index (χ4n) is 2.67. The molecule has 2 heteroatoms. The van der Waals surface area contributed by atoms with E-state index in [0.29, 0.717) is 0 Å². The van der Waals surface area contributed by atoms with Crippen molar-refractivity contribution in [3.05, 3.63) is 0 Å². The van der Waals surface area contributed by atoms with Gasteiger partial charge in [-0.2, -0.15) is 0 Å². The van der Waals surface area contributed by atoms with Crippen molar-refractivity contribution in [3.8, 4) is 0 Å². The van der Waals surface area contributed by atoms with Crippen molar-refractivity contribution in [2.45, 2.75) is 110 Å². The molecule has 0 unspecified atom stereocenters. The second kappa shape index (κ2) is 14.1. The Morgan fingerprint density at radius 2 is 0.950 bits per heavy atom. The third-order valence-electron chi connectivity index (χ3n) is 4.43. The molecule has 0 aromatic rings. The summed E-state index contributed by atoms with van der Waals surface area (Å²) in [6, 6.07) is 1.33. The lowest BCUT2D eigenvalue weighted by Gasteiger charge is -2.19. The van der Waals surface area contributed by atoms with Crippen molar-refractivity contribution in [2.75, 3.05) is 7.11 Å². The van der Waals surface area contributed by atoms with Crippen molar-refractivity contribution >= 4 is 8.32 Å². The maximum absolute atomic E-state index is 5.58. The Morgan fingerprint density at radius 1 is 0.600 bits per heavy atom. The van der Waals surface area contributed by atoms with Gasteiger partial charge < -0.3 is 4.43 Å². The standard InChI is InChI=1S/C18H40OSi/c1-5-6-7-8-9-10-11-12-13-14-15-16-17-18-20(3,4)19-2/h5-18H2,1-4H3. The first-order valence-corrected chi connectivity index (χ1v) is 12.3. The van der Waals surface area contributed by atoms with Crippen molar-refractivity contribution < 1.29 is 4.43 Å². The molecule has 122 valence electrons. The van der Waals surface area contributed by atoms with Crippen LogP contribution in [0.5, 0.6) is 0 Å². The summed E-state index contributed by atoms with van der Waals surface area (Å²) in [5.41, 5.74) is 0. The summed E-state index contributed by atoms with van der Waals surface area (Å²) in [5, 5.41) is 0. The molecule has 0 aromatic carbocycles. The van der Waals surface area contributed by atoms with Crippen LogP contribution in [0.25, 0.3) is 0 Å². The minimum absolute atomic E-state index is 1.28. The third-order valence-corrected chi connectivity index (χ3v) is 7.10. The van der Waals surface area contributed by atoms with Gasteiger partial charge >= 0.3 is 0 Å². The molecule has 0 saturated heterocycles. The predicted molar refractivity (Wildman–Crippen MR) is 95.0 cm³/mol. The Hall–Kier alpha value is 0.177. The van der Waals surface area contributed by atoms with E-state index in [9.17, 15) is 0 Å². The van der Waals surface area contributed by atoms with Crippen molar-refractivity contribution in [1.29, 1.82) is 0 Å². The van der Waals surface area contributed by atoms with Gasteiger partial charge in [0.25, 0.3) is 0 Å². The molecule has 0 bridgehead atoms. The summed E-state index contributed by atoms with van der Waals surface area (Å²) in [5.74, 6) is 0. The van der Waals surface area contributed by atoms with E-state index in [4.69, 9.17) is 4.43 Å². The molecule has 0 amide bonds. The van der Waals surface area contributed by atoms with Crippen LogP contribution in [0.2, 0.25) is 19.1 Å². The minimum atomic E-state index is -1.28. The fraction of sp³-hybridized carbons (Fsp3) is 1.00. The van der Waals surface area contributed by atoms with E-state index in [-0.39, 0.29) is 0 Å². The van der Waals surface area contributed by atoms with Crippen molar-refractivity contribution in [1.82, 2.24) is 0 Å². The van der Waals surface area contributed by atoms with Crippen molar-refractivity contribution in [3.63, 3.8) is 0 Å². The van der Waals surface area contributed by atoms with Gasteiger partial charge in [-0.05, 0) is 19.1 Å². The molecule has 0 N–H and O–H groups in total. The van der Waals surface area contributed by atoms with Crippen LogP contribution in [0.3, 0.4) is 0 Å². The van der Waals surface area contributed by atoms with Gasteiger partial charge in [0.15, 0.2) is 8.32 Å². The third kappa shape index (κ3) is 14.6. The van der Waals surface area contributed by atoms with Gasteiger partial charge in [-0.3, -0.25) is 0 Å². The summed E-state index contributed by atoms with van der Waals surface area (Å²) in [6.07, 6.45) is 18.7. The maximum Gasteiger partial charge on any atom is 0.186 e. The normalized spacial score (nSPS) is 12.0. The molecule has 0 saturated carbocycles.